The van der Waals surface area contributed by atoms with Crippen LogP contribution in [-0.4, -0.2) is 111 Å². The lowest BCUT2D eigenvalue weighted by atomic mass is 10.1. The molecule has 0 saturated carbocycles. The summed E-state index contributed by atoms with van der Waals surface area (Å²) in [6.07, 6.45) is 10.4. The van der Waals surface area contributed by atoms with Crippen LogP contribution in [0.2, 0.25) is 0 Å². The highest BCUT2D eigenvalue weighted by Gasteiger charge is 2.18. The van der Waals surface area contributed by atoms with Crippen LogP contribution in [0.15, 0.2) is 12.2 Å². The van der Waals surface area contributed by atoms with Crippen molar-refractivity contribution < 1.29 is 24.9 Å². The fourth-order valence-corrected chi connectivity index (χ4v) is 3.60. The van der Waals surface area contributed by atoms with E-state index in [-0.39, 0.29) is 6.61 Å². The number of rotatable bonds is 29. The lowest BCUT2D eigenvalue weighted by Crippen LogP contribution is -2.40. The van der Waals surface area contributed by atoms with Crippen LogP contribution in [0.4, 0.5) is 0 Å². The average Bonchev–Trinajstić information content (AvgIpc) is 2.87. The largest absolute Gasteiger partial charge is 0.480 e. The van der Waals surface area contributed by atoms with Crippen LogP contribution in [0, 0.1) is 0 Å². The molecule has 37 heavy (non-hydrogen) atoms. The number of hydrogen-bond donors (Lipinski definition) is 9. The Morgan fingerprint density at radius 3 is 1.84 bits per heavy atom. The minimum atomic E-state index is -0.895. The molecule has 0 aliphatic rings. The summed E-state index contributed by atoms with van der Waals surface area (Å²) in [6, 6.07) is -1.25. The lowest BCUT2D eigenvalue weighted by Gasteiger charge is -2.16. The van der Waals surface area contributed by atoms with Gasteiger partial charge in [0, 0.05) is 45.9 Å². The van der Waals surface area contributed by atoms with Crippen LogP contribution >= 0.6 is 0 Å². The van der Waals surface area contributed by atoms with Gasteiger partial charge in [-0.1, -0.05) is 31.9 Å². The van der Waals surface area contributed by atoms with Crippen LogP contribution in [0.3, 0.4) is 0 Å². The molecule has 218 valence electrons. The molecular formula is C26H54N6O5. The fourth-order valence-electron chi connectivity index (χ4n) is 3.60. The van der Waals surface area contributed by atoms with Crippen LogP contribution < -0.4 is 31.9 Å². The molecule has 0 aromatic rings. The van der Waals surface area contributed by atoms with Gasteiger partial charge in [-0.25, -0.2) is 0 Å². The van der Waals surface area contributed by atoms with Crippen molar-refractivity contribution in [3.63, 3.8) is 0 Å². The third kappa shape index (κ3) is 24.5. The summed E-state index contributed by atoms with van der Waals surface area (Å²) in [7, 11) is 0. The van der Waals surface area contributed by atoms with Crippen molar-refractivity contribution in [2.75, 3.05) is 72.1 Å². The minimum absolute atomic E-state index is 0.217. The Morgan fingerprint density at radius 1 is 0.622 bits per heavy atom. The van der Waals surface area contributed by atoms with E-state index in [0.717, 1.165) is 77.9 Å². The van der Waals surface area contributed by atoms with Crippen LogP contribution in [0.1, 0.15) is 58.3 Å². The smallest absolute Gasteiger partial charge is 0.320 e. The van der Waals surface area contributed by atoms with Gasteiger partial charge in [-0.2, -0.15) is 0 Å². The Balaban J connectivity index is 3.84. The van der Waals surface area contributed by atoms with Gasteiger partial charge < -0.3 is 47.2 Å². The number of carboxylic acids is 2. The Bertz CT molecular complexity index is 568. The number of unbranched alkanes of at least 4 members (excludes halogenated alkanes) is 2. The fraction of sp³-hybridized carbons (Fsp3) is 0.846. The van der Waals surface area contributed by atoms with E-state index in [1.165, 1.54) is 0 Å². The van der Waals surface area contributed by atoms with Crippen LogP contribution in [0.5, 0.6) is 0 Å². The van der Waals surface area contributed by atoms with Gasteiger partial charge in [0.05, 0.1) is 0 Å². The number of hydrogen-bond acceptors (Lipinski definition) is 9. The maximum atomic E-state index is 11.5. The van der Waals surface area contributed by atoms with Crippen molar-refractivity contribution in [2.24, 2.45) is 0 Å². The van der Waals surface area contributed by atoms with Crippen molar-refractivity contribution in [2.45, 2.75) is 70.4 Å². The summed E-state index contributed by atoms with van der Waals surface area (Å²) in [6.45, 7) is 10.2. The molecule has 0 aromatic carbocycles. The molecule has 0 saturated heterocycles. The zero-order valence-electron chi connectivity index (χ0n) is 22.9. The van der Waals surface area contributed by atoms with E-state index in [1.54, 1.807) is 0 Å². The number of carbonyl (C=O) groups is 2. The zero-order valence-corrected chi connectivity index (χ0v) is 22.9. The van der Waals surface area contributed by atoms with E-state index in [1.807, 2.05) is 12.2 Å². The molecule has 0 amide bonds. The number of aliphatic hydroxyl groups excluding tert-OH is 1. The summed E-state index contributed by atoms with van der Waals surface area (Å²) >= 11 is 0. The molecule has 2 unspecified atom stereocenters. The molecule has 0 bridgehead atoms. The first-order valence-corrected chi connectivity index (χ1v) is 14.0. The summed E-state index contributed by atoms with van der Waals surface area (Å²) < 4.78 is 0. The van der Waals surface area contributed by atoms with E-state index in [0.29, 0.717) is 38.9 Å². The van der Waals surface area contributed by atoms with Gasteiger partial charge in [-0.15, -0.1) is 0 Å². The van der Waals surface area contributed by atoms with Gasteiger partial charge in [-0.3, -0.25) is 9.59 Å². The van der Waals surface area contributed by atoms with Crippen LogP contribution in [0.25, 0.3) is 0 Å². The number of nitrogens with one attached hydrogen (secondary N) is 6. The van der Waals surface area contributed by atoms with Crippen molar-refractivity contribution in [1.29, 1.82) is 0 Å². The Morgan fingerprint density at radius 2 is 1.16 bits per heavy atom. The van der Waals surface area contributed by atoms with Gasteiger partial charge in [0.25, 0.3) is 0 Å². The second-order valence-corrected chi connectivity index (χ2v) is 9.14. The van der Waals surface area contributed by atoms with Crippen molar-refractivity contribution >= 4 is 11.9 Å². The van der Waals surface area contributed by atoms with Gasteiger partial charge in [0.1, 0.15) is 12.1 Å². The standard InChI is InChI=1S/C26H54N6O5/c1-2-3-12-27-13-5-4-10-23(25(34)35)32-17-8-11-24(26(36)37)31-16-7-6-14-28-18-20-30-21-19-29-15-9-22-33/h6-7,23-24,27-33H,2-5,8-22H2,1H3,(H,34,35)(H,36,37). The van der Waals surface area contributed by atoms with E-state index in [4.69, 9.17) is 5.11 Å². The first kappa shape index (κ1) is 35.4. The monoisotopic (exact) mass is 530 g/mol. The van der Waals surface area contributed by atoms with Crippen molar-refractivity contribution in [3.8, 4) is 0 Å². The zero-order chi connectivity index (χ0) is 27.4. The predicted molar refractivity (Wildman–Crippen MR) is 149 cm³/mol. The first-order valence-electron chi connectivity index (χ1n) is 14.0. The maximum Gasteiger partial charge on any atom is 0.320 e. The molecule has 11 nitrogen and oxygen atoms in total. The molecule has 2 atom stereocenters. The van der Waals surface area contributed by atoms with Crippen LogP contribution in [-0.2, 0) is 9.59 Å². The Hall–Kier alpha value is -1.60. The topological polar surface area (TPSA) is 167 Å². The first-order chi connectivity index (χ1) is 18.0. The van der Waals surface area contributed by atoms with E-state index in [9.17, 15) is 19.8 Å². The summed E-state index contributed by atoms with van der Waals surface area (Å²) in [5.74, 6) is -1.75. The molecule has 0 radical (unpaired) electrons. The van der Waals surface area contributed by atoms with E-state index < -0.39 is 24.0 Å². The summed E-state index contributed by atoms with van der Waals surface area (Å²) in [5, 5.41) is 46.9. The molecule has 0 rings (SSSR count). The predicted octanol–water partition coefficient (Wildman–Crippen LogP) is 0.120. The van der Waals surface area contributed by atoms with E-state index >= 15 is 0 Å². The molecular weight excluding hydrogens is 476 g/mol. The summed E-state index contributed by atoms with van der Waals surface area (Å²) in [4.78, 5) is 23.0. The molecule has 0 aromatic heterocycles. The third-order valence-corrected chi connectivity index (χ3v) is 5.84. The second-order valence-electron chi connectivity index (χ2n) is 9.14. The normalized spacial score (nSPS) is 13.2. The Labute approximate surface area is 223 Å². The maximum absolute atomic E-state index is 11.5. The highest BCUT2D eigenvalue weighted by atomic mass is 16.4. The van der Waals surface area contributed by atoms with Crippen molar-refractivity contribution in [3.05, 3.63) is 12.2 Å². The molecule has 0 aliphatic heterocycles. The van der Waals surface area contributed by atoms with Gasteiger partial charge in [0.2, 0.25) is 0 Å². The Kier molecular flexibility index (Phi) is 26.2. The highest BCUT2D eigenvalue weighted by Crippen LogP contribution is 2.03. The third-order valence-electron chi connectivity index (χ3n) is 5.84. The second kappa shape index (κ2) is 27.4. The molecule has 11 heteroatoms. The quantitative estimate of drug-likeness (QED) is 0.0476. The number of aliphatic hydroxyl groups is 1. The molecule has 0 spiro atoms. The van der Waals surface area contributed by atoms with Gasteiger partial charge >= 0.3 is 11.9 Å². The van der Waals surface area contributed by atoms with Gasteiger partial charge in [-0.05, 0) is 64.7 Å². The van der Waals surface area contributed by atoms with Crippen molar-refractivity contribution in [1.82, 2.24) is 31.9 Å². The van der Waals surface area contributed by atoms with Gasteiger partial charge in [0.15, 0.2) is 0 Å². The minimum Gasteiger partial charge on any atom is -0.480 e. The summed E-state index contributed by atoms with van der Waals surface area (Å²) in [5.41, 5.74) is 0. The lowest BCUT2D eigenvalue weighted by molar-refractivity contribution is -0.141. The molecule has 9 N–H and O–H groups in total. The molecule has 0 fully saturated rings. The molecule has 0 heterocycles. The SMILES string of the molecule is CCCCNCCCCC(NCCCC(NCC=CCNCCNCCNCCCO)C(=O)O)C(=O)O. The average molecular weight is 531 g/mol. The highest BCUT2D eigenvalue weighted by molar-refractivity contribution is 5.73. The van der Waals surface area contributed by atoms with E-state index in [2.05, 4.69) is 38.8 Å². The number of carboxylic acid groups (broad SMARTS) is 2. The number of aliphatic carboxylic acids is 2. The molecule has 0 aliphatic carbocycles.